The first-order chi connectivity index (χ1) is 7.59. The van der Waals surface area contributed by atoms with Gasteiger partial charge in [0.1, 0.15) is 5.56 Å². The van der Waals surface area contributed by atoms with Gasteiger partial charge in [0.15, 0.2) is 0 Å². The summed E-state index contributed by atoms with van der Waals surface area (Å²) in [5, 5.41) is 12.2. The highest BCUT2D eigenvalue weighted by Crippen LogP contribution is 2.09. The Hall–Kier alpha value is -2.15. The Morgan fingerprint density at radius 2 is 2.19 bits per heavy atom. The van der Waals surface area contributed by atoms with Crippen molar-refractivity contribution in [3.05, 3.63) is 49.4 Å². The van der Waals surface area contributed by atoms with Crippen LogP contribution in [-0.4, -0.2) is 20.6 Å². The molecule has 0 saturated heterocycles. The zero-order valence-electron chi connectivity index (χ0n) is 7.84. The summed E-state index contributed by atoms with van der Waals surface area (Å²) in [6, 6.07) is 1.65. The molecule has 0 aliphatic heterocycles. The minimum Gasteiger partial charge on any atom is -0.477 e. The first-order valence-corrected chi connectivity index (χ1v) is 5.15. The summed E-state index contributed by atoms with van der Waals surface area (Å²) in [6.45, 7) is 0. The predicted molar refractivity (Wildman–Crippen MR) is 57.5 cm³/mol. The van der Waals surface area contributed by atoms with Gasteiger partial charge in [0, 0.05) is 11.6 Å². The zero-order valence-corrected chi connectivity index (χ0v) is 8.65. The van der Waals surface area contributed by atoms with Crippen LogP contribution in [0.1, 0.15) is 10.4 Å². The molecule has 0 radical (unpaired) electrons. The standard InChI is InChI=1S/C9H6N2O4S/c12-7-6(8(13)14)3-11(9(15)10-7)5-1-2-16-4-5/h1-4H,(H,13,14)(H,10,12,15). The second kappa shape index (κ2) is 3.78. The van der Waals surface area contributed by atoms with Gasteiger partial charge in [-0.05, 0) is 11.4 Å². The lowest BCUT2D eigenvalue weighted by Gasteiger charge is -2.02. The lowest BCUT2D eigenvalue weighted by atomic mass is 10.3. The number of aromatic carboxylic acids is 1. The van der Waals surface area contributed by atoms with Crippen LogP contribution in [0.2, 0.25) is 0 Å². The number of rotatable bonds is 2. The largest absolute Gasteiger partial charge is 0.477 e. The number of aromatic nitrogens is 2. The number of nitrogens with zero attached hydrogens (tertiary/aromatic N) is 1. The number of carbonyl (C=O) groups is 1. The molecule has 0 unspecified atom stereocenters. The van der Waals surface area contributed by atoms with Gasteiger partial charge in [-0.1, -0.05) is 0 Å². The van der Waals surface area contributed by atoms with E-state index in [0.717, 1.165) is 10.8 Å². The lowest BCUT2D eigenvalue weighted by molar-refractivity contribution is 0.0694. The molecule has 0 spiro atoms. The number of nitrogens with one attached hydrogen (secondary N) is 1. The third-order valence-corrected chi connectivity index (χ3v) is 2.63. The Balaban J connectivity index is 2.73. The third kappa shape index (κ3) is 1.68. The first kappa shape index (κ1) is 10.4. The monoisotopic (exact) mass is 238 g/mol. The smallest absolute Gasteiger partial charge is 0.342 e. The van der Waals surface area contributed by atoms with E-state index in [1.165, 1.54) is 11.3 Å². The number of H-pyrrole nitrogens is 1. The number of aromatic amines is 1. The van der Waals surface area contributed by atoms with Crippen molar-refractivity contribution in [3.63, 3.8) is 0 Å². The van der Waals surface area contributed by atoms with Gasteiger partial charge < -0.3 is 5.11 Å². The van der Waals surface area contributed by atoms with E-state index < -0.39 is 22.8 Å². The van der Waals surface area contributed by atoms with E-state index in [2.05, 4.69) is 0 Å². The van der Waals surface area contributed by atoms with Crippen LogP contribution < -0.4 is 11.2 Å². The molecule has 2 aromatic heterocycles. The van der Waals surface area contributed by atoms with Crippen molar-refractivity contribution in [1.29, 1.82) is 0 Å². The number of hydrogen-bond donors (Lipinski definition) is 2. The van der Waals surface area contributed by atoms with E-state index >= 15 is 0 Å². The molecule has 2 heterocycles. The second-order valence-electron chi connectivity index (χ2n) is 2.96. The fourth-order valence-electron chi connectivity index (χ4n) is 1.21. The minimum atomic E-state index is -1.37. The van der Waals surface area contributed by atoms with E-state index in [-0.39, 0.29) is 0 Å². The Labute approximate surface area is 92.4 Å². The summed E-state index contributed by atoms with van der Waals surface area (Å²) in [5.41, 5.74) is -1.50. The minimum absolute atomic E-state index is 0.467. The summed E-state index contributed by atoms with van der Waals surface area (Å²) in [4.78, 5) is 35.3. The molecule has 2 rings (SSSR count). The van der Waals surface area contributed by atoms with Gasteiger partial charge in [0.05, 0.1) is 5.69 Å². The van der Waals surface area contributed by atoms with Crippen molar-refractivity contribution < 1.29 is 9.90 Å². The van der Waals surface area contributed by atoms with Gasteiger partial charge in [-0.2, -0.15) is 11.3 Å². The van der Waals surface area contributed by atoms with Crippen LogP contribution in [0.3, 0.4) is 0 Å². The summed E-state index contributed by atoms with van der Waals surface area (Å²) < 4.78 is 1.08. The van der Waals surface area contributed by atoms with Crippen molar-refractivity contribution in [3.8, 4) is 5.69 Å². The Kier molecular flexibility index (Phi) is 2.45. The van der Waals surface area contributed by atoms with E-state index in [1.54, 1.807) is 16.8 Å². The molecule has 7 heteroatoms. The zero-order chi connectivity index (χ0) is 11.7. The quantitative estimate of drug-likeness (QED) is 0.786. The van der Waals surface area contributed by atoms with Gasteiger partial charge in [0.2, 0.25) is 0 Å². The predicted octanol–water partition coefficient (Wildman–Crippen LogP) is 0.285. The van der Waals surface area contributed by atoms with E-state index in [9.17, 15) is 14.4 Å². The van der Waals surface area contributed by atoms with Crippen molar-refractivity contribution in [2.24, 2.45) is 0 Å². The number of hydrogen-bond acceptors (Lipinski definition) is 4. The summed E-state index contributed by atoms with van der Waals surface area (Å²) >= 11 is 1.36. The first-order valence-electron chi connectivity index (χ1n) is 4.21. The average molecular weight is 238 g/mol. The van der Waals surface area contributed by atoms with Crippen molar-refractivity contribution in [2.45, 2.75) is 0 Å². The normalized spacial score (nSPS) is 10.2. The van der Waals surface area contributed by atoms with E-state index in [4.69, 9.17) is 5.11 Å². The summed E-state index contributed by atoms with van der Waals surface area (Å²) in [7, 11) is 0. The maximum absolute atomic E-state index is 11.4. The van der Waals surface area contributed by atoms with Crippen LogP contribution in [0.25, 0.3) is 5.69 Å². The van der Waals surface area contributed by atoms with Crippen LogP contribution >= 0.6 is 11.3 Å². The van der Waals surface area contributed by atoms with E-state index in [1.807, 2.05) is 4.98 Å². The molecule has 0 bridgehead atoms. The van der Waals surface area contributed by atoms with Crippen LogP contribution in [0, 0.1) is 0 Å². The van der Waals surface area contributed by atoms with Gasteiger partial charge in [-0.3, -0.25) is 14.3 Å². The summed E-state index contributed by atoms with van der Waals surface area (Å²) in [6.07, 6.45) is 1.02. The van der Waals surface area contributed by atoms with Gasteiger partial charge in [-0.15, -0.1) is 0 Å². The molecule has 6 nitrogen and oxygen atoms in total. The van der Waals surface area contributed by atoms with Crippen LogP contribution in [-0.2, 0) is 0 Å². The second-order valence-corrected chi connectivity index (χ2v) is 3.74. The Morgan fingerprint density at radius 1 is 1.44 bits per heavy atom. The van der Waals surface area contributed by atoms with Crippen LogP contribution in [0.15, 0.2) is 32.6 Å². The summed E-state index contributed by atoms with van der Waals surface area (Å²) in [5.74, 6) is -1.37. The molecular weight excluding hydrogens is 232 g/mol. The molecule has 0 amide bonds. The fraction of sp³-hybridized carbons (Fsp3) is 0. The fourth-order valence-corrected chi connectivity index (χ4v) is 1.84. The molecule has 0 fully saturated rings. The molecule has 82 valence electrons. The molecule has 0 aliphatic carbocycles. The topological polar surface area (TPSA) is 92.2 Å². The average Bonchev–Trinajstić information content (AvgIpc) is 2.70. The number of carboxylic acid groups (broad SMARTS) is 1. The van der Waals surface area contributed by atoms with Gasteiger partial charge >= 0.3 is 11.7 Å². The number of carboxylic acids is 1. The molecule has 2 aromatic rings. The SMILES string of the molecule is O=C(O)c1cn(-c2ccsc2)c(=O)[nH]c1=O. The molecule has 0 aliphatic rings. The lowest BCUT2D eigenvalue weighted by Crippen LogP contribution is -2.32. The Bertz CT molecular complexity index is 638. The number of thiophene rings is 1. The van der Waals surface area contributed by atoms with E-state index in [0.29, 0.717) is 5.69 Å². The van der Waals surface area contributed by atoms with Crippen molar-refractivity contribution in [1.82, 2.24) is 9.55 Å². The van der Waals surface area contributed by atoms with Crippen molar-refractivity contribution in [2.75, 3.05) is 0 Å². The van der Waals surface area contributed by atoms with Crippen LogP contribution in [0.5, 0.6) is 0 Å². The molecular formula is C9H6N2O4S. The molecule has 0 saturated carbocycles. The highest BCUT2D eigenvalue weighted by Gasteiger charge is 2.12. The maximum atomic E-state index is 11.4. The molecule has 16 heavy (non-hydrogen) atoms. The molecule has 2 N–H and O–H groups in total. The highest BCUT2D eigenvalue weighted by atomic mass is 32.1. The maximum Gasteiger partial charge on any atom is 0.342 e. The Morgan fingerprint density at radius 3 is 2.75 bits per heavy atom. The van der Waals surface area contributed by atoms with Crippen LogP contribution in [0.4, 0.5) is 0 Å². The third-order valence-electron chi connectivity index (χ3n) is 1.96. The van der Waals surface area contributed by atoms with Gasteiger partial charge in [0.25, 0.3) is 5.56 Å². The highest BCUT2D eigenvalue weighted by molar-refractivity contribution is 7.08. The molecule has 0 atom stereocenters. The molecule has 0 aromatic carbocycles. The van der Waals surface area contributed by atoms with Crippen molar-refractivity contribution >= 4 is 17.3 Å². The van der Waals surface area contributed by atoms with Gasteiger partial charge in [-0.25, -0.2) is 9.59 Å².